The second kappa shape index (κ2) is 3.93. The number of aromatic nitrogens is 5. The Morgan fingerprint density at radius 2 is 2.14 bits per heavy atom. The summed E-state index contributed by atoms with van der Waals surface area (Å²) in [5, 5.41) is 7.35. The summed E-state index contributed by atoms with van der Waals surface area (Å²) in [4.78, 5) is 8.33. The maximum Gasteiger partial charge on any atom is 0.236 e. The van der Waals surface area contributed by atoms with Crippen molar-refractivity contribution in [1.29, 1.82) is 0 Å². The molecule has 0 unspecified atom stereocenters. The van der Waals surface area contributed by atoms with Crippen LogP contribution in [0.15, 0.2) is 24.9 Å². The van der Waals surface area contributed by atoms with Gasteiger partial charge >= 0.3 is 0 Å². The molecule has 6 heteroatoms. The molecule has 72 valence electrons. The molecule has 2 heterocycles. The minimum Gasteiger partial charge on any atom is -0.378 e. The van der Waals surface area contributed by atoms with Gasteiger partial charge < -0.3 is 4.74 Å². The zero-order valence-electron chi connectivity index (χ0n) is 7.66. The second-order valence-electron chi connectivity index (χ2n) is 2.65. The molecule has 2 aromatic rings. The maximum absolute atomic E-state index is 4.97. The Morgan fingerprint density at radius 3 is 2.86 bits per heavy atom. The topological polar surface area (TPSA) is 65.7 Å². The summed E-state index contributed by atoms with van der Waals surface area (Å²) in [7, 11) is 1.63. The zero-order valence-corrected chi connectivity index (χ0v) is 7.66. The summed E-state index contributed by atoms with van der Waals surface area (Å²) in [6, 6.07) is 1.80. The summed E-state index contributed by atoms with van der Waals surface area (Å²) in [6.07, 6.45) is 4.77. The van der Waals surface area contributed by atoms with Crippen LogP contribution in [0.1, 0.15) is 5.69 Å². The molecule has 0 saturated carbocycles. The summed E-state index contributed by atoms with van der Waals surface area (Å²) >= 11 is 0. The van der Waals surface area contributed by atoms with Crippen LogP contribution in [-0.4, -0.2) is 31.8 Å². The Kier molecular flexibility index (Phi) is 2.46. The average molecular weight is 191 g/mol. The van der Waals surface area contributed by atoms with Gasteiger partial charge in [0.2, 0.25) is 5.95 Å². The summed E-state index contributed by atoms with van der Waals surface area (Å²) in [5.74, 6) is 0.546. The van der Waals surface area contributed by atoms with E-state index in [1.807, 2.05) is 0 Å². The molecule has 6 nitrogen and oxygen atoms in total. The fourth-order valence-electron chi connectivity index (χ4n) is 1.04. The van der Waals surface area contributed by atoms with Crippen molar-refractivity contribution in [2.45, 2.75) is 6.61 Å². The Morgan fingerprint density at radius 1 is 1.36 bits per heavy atom. The first-order chi connectivity index (χ1) is 6.90. The van der Waals surface area contributed by atoms with Crippen LogP contribution in [0.3, 0.4) is 0 Å². The normalized spacial score (nSPS) is 10.4. The van der Waals surface area contributed by atoms with E-state index in [2.05, 4.69) is 20.2 Å². The minimum absolute atomic E-state index is 0.470. The lowest BCUT2D eigenvalue weighted by Gasteiger charge is -2.01. The number of ether oxygens (including phenoxy) is 1. The lowest BCUT2D eigenvalue weighted by atomic mass is 10.4. The summed E-state index contributed by atoms with van der Waals surface area (Å²) in [5.41, 5.74) is 0.825. The van der Waals surface area contributed by atoms with Crippen molar-refractivity contribution in [3.63, 3.8) is 0 Å². The maximum atomic E-state index is 4.97. The lowest BCUT2D eigenvalue weighted by Crippen LogP contribution is -2.01. The van der Waals surface area contributed by atoms with Gasteiger partial charge in [-0.1, -0.05) is 0 Å². The molecule has 0 aliphatic rings. The number of hydrogen-bond donors (Lipinski definition) is 0. The van der Waals surface area contributed by atoms with Crippen LogP contribution >= 0.6 is 0 Å². The Balaban J connectivity index is 2.31. The van der Waals surface area contributed by atoms with Gasteiger partial charge in [-0.3, -0.25) is 4.57 Å². The highest BCUT2D eigenvalue weighted by atomic mass is 16.5. The smallest absolute Gasteiger partial charge is 0.236 e. The van der Waals surface area contributed by atoms with Crippen molar-refractivity contribution in [1.82, 2.24) is 24.7 Å². The molecule has 0 aliphatic heterocycles. The summed E-state index contributed by atoms with van der Waals surface area (Å²) < 4.78 is 6.61. The van der Waals surface area contributed by atoms with Gasteiger partial charge in [0.15, 0.2) is 0 Å². The Labute approximate surface area is 80.6 Å². The van der Waals surface area contributed by atoms with Gasteiger partial charge in [-0.05, 0) is 6.07 Å². The highest BCUT2D eigenvalue weighted by Crippen LogP contribution is 2.01. The molecule has 14 heavy (non-hydrogen) atoms. The number of nitrogens with zero attached hydrogens (tertiary/aromatic N) is 5. The fraction of sp³-hybridized carbons (Fsp3) is 0.250. The molecular formula is C8H9N5O. The van der Waals surface area contributed by atoms with Crippen molar-refractivity contribution in [3.8, 4) is 5.95 Å². The molecule has 0 bridgehead atoms. The van der Waals surface area contributed by atoms with Crippen LogP contribution < -0.4 is 0 Å². The highest BCUT2D eigenvalue weighted by Gasteiger charge is 2.00. The van der Waals surface area contributed by atoms with Gasteiger partial charge in [0.25, 0.3) is 0 Å². The number of rotatable bonds is 3. The van der Waals surface area contributed by atoms with Gasteiger partial charge in [0.1, 0.15) is 12.7 Å². The van der Waals surface area contributed by atoms with Gasteiger partial charge in [-0.15, -0.1) is 10.2 Å². The molecule has 2 rings (SSSR count). The SMILES string of the molecule is COCc1ccnc(-n2cnnc2)n1. The third-order valence-electron chi connectivity index (χ3n) is 1.64. The van der Waals surface area contributed by atoms with Crippen LogP contribution in [0.4, 0.5) is 0 Å². The molecule has 0 atom stereocenters. The molecule has 0 fully saturated rings. The van der Waals surface area contributed by atoms with Crippen molar-refractivity contribution in [2.75, 3.05) is 7.11 Å². The zero-order chi connectivity index (χ0) is 9.80. The molecule has 0 amide bonds. The highest BCUT2D eigenvalue weighted by molar-refractivity contribution is 5.12. The van der Waals surface area contributed by atoms with E-state index in [9.17, 15) is 0 Å². The monoisotopic (exact) mass is 191 g/mol. The molecule has 0 aliphatic carbocycles. The van der Waals surface area contributed by atoms with E-state index in [0.29, 0.717) is 12.6 Å². The van der Waals surface area contributed by atoms with E-state index in [4.69, 9.17) is 4.74 Å². The van der Waals surface area contributed by atoms with E-state index < -0.39 is 0 Å². The van der Waals surface area contributed by atoms with Crippen LogP contribution in [-0.2, 0) is 11.3 Å². The predicted molar refractivity (Wildman–Crippen MR) is 47.7 cm³/mol. The average Bonchev–Trinajstić information content (AvgIpc) is 2.71. The van der Waals surface area contributed by atoms with Crippen molar-refractivity contribution >= 4 is 0 Å². The molecule has 0 saturated heterocycles. The number of hydrogen-bond acceptors (Lipinski definition) is 5. The molecule has 0 spiro atoms. The first-order valence-electron chi connectivity index (χ1n) is 4.06. The van der Waals surface area contributed by atoms with Crippen molar-refractivity contribution in [2.24, 2.45) is 0 Å². The first kappa shape index (κ1) is 8.76. The molecule has 0 radical (unpaired) electrons. The van der Waals surface area contributed by atoms with Crippen molar-refractivity contribution in [3.05, 3.63) is 30.6 Å². The summed E-state index contributed by atoms with van der Waals surface area (Å²) in [6.45, 7) is 0.470. The van der Waals surface area contributed by atoms with Gasteiger partial charge in [-0.2, -0.15) is 0 Å². The number of methoxy groups -OCH3 is 1. The quantitative estimate of drug-likeness (QED) is 0.693. The predicted octanol–water partition coefficient (Wildman–Crippen LogP) is 0.204. The third-order valence-corrected chi connectivity index (χ3v) is 1.64. The standard InChI is InChI=1S/C8H9N5O/c1-14-4-7-2-3-9-8(12-7)13-5-10-11-6-13/h2-3,5-6H,4H2,1H3. The third kappa shape index (κ3) is 1.74. The van der Waals surface area contributed by atoms with Crippen LogP contribution in [0.25, 0.3) is 5.95 Å². The second-order valence-corrected chi connectivity index (χ2v) is 2.65. The van der Waals surface area contributed by atoms with E-state index in [1.165, 1.54) is 0 Å². The van der Waals surface area contributed by atoms with Gasteiger partial charge in [0, 0.05) is 13.3 Å². The van der Waals surface area contributed by atoms with E-state index in [0.717, 1.165) is 5.69 Å². The molecule has 2 aromatic heterocycles. The molecule has 0 aromatic carbocycles. The van der Waals surface area contributed by atoms with Gasteiger partial charge in [-0.25, -0.2) is 9.97 Å². The van der Waals surface area contributed by atoms with Gasteiger partial charge in [0.05, 0.1) is 12.3 Å². The van der Waals surface area contributed by atoms with Crippen LogP contribution in [0.5, 0.6) is 0 Å². The first-order valence-corrected chi connectivity index (χ1v) is 4.06. The van der Waals surface area contributed by atoms with E-state index in [-0.39, 0.29) is 0 Å². The Hall–Kier alpha value is -1.82. The van der Waals surface area contributed by atoms with Crippen molar-refractivity contribution < 1.29 is 4.74 Å². The minimum atomic E-state index is 0.470. The van der Waals surface area contributed by atoms with E-state index in [1.54, 1.807) is 36.6 Å². The fourth-order valence-corrected chi connectivity index (χ4v) is 1.04. The molecular weight excluding hydrogens is 182 g/mol. The largest absolute Gasteiger partial charge is 0.378 e. The van der Waals surface area contributed by atoms with Crippen LogP contribution in [0, 0.1) is 0 Å². The van der Waals surface area contributed by atoms with Crippen LogP contribution in [0.2, 0.25) is 0 Å². The lowest BCUT2D eigenvalue weighted by molar-refractivity contribution is 0.181. The van der Waals surface area contributed by atoms with E-state index >= 15 is 0 Å². The Bertz CT molecular complexity index is 400. The molecule has 0 N–H and O–H groups in total.